The first-order valence-electron chi connectivity index (χ1n) is 11.8. The van der Waals surface area contributed by atoms with E-state index in [1.807, 2.05) is 36.4 Å². The van der Waals surface area contributed by atoms with Crippen LogP contribution in [0.3, 0.4) is 0 Å². The van der Waals surface area contributed by atoms with E-state index in [9.17, 15) is 4.79 Å². The fourth-order valence-corrected chi connectivity index (χ4v) is 4.60. The van der Waals surface area contributed by atoms with Crippen LogP contribution in [-0.4, -0.2) is 36.1 Å². The summed E-state index contributed by atoms with van der Waals surface area (Å²) in [6.45, 7) is 4.03. The molecule has 0 aliphatic carbocycles. The molecule has 0 spiro atoms. The predicted octanol–water partition coefficient (Wildman–Crippen LogP) is 3.78. The maximum atomic E-state index is 12.6. The summed E-state index contributed by atoms with van der Waals surface area (Å²) < 4.78 is 5.63. The largest absolute Gasteiger partial charge is 0.360 e. The summed E-state index contributed by atoms with van der Waals surface area (Å²) in [5.41, 5.74) is 3.38. The molecule has 1 fully saturated rings. The highest BCUT2D eigenvalue weighted by Crippen LogP contribution is 2.26. The monoisotopic (exact) mass is 446 g/mol. The van der Waals surface area contributed by atoms with Crippen LogP contribution in [-0.2, 0) is 30.8 Å². The zero-order valence-corrected chi connectivity index (χ0v) is 19.4. The van der Waals surface area contributed by atoms with Gasteiger partial charge >= 0.3 is 0 Å². The first-order valence-corrected chi connectivity index (χ1v) is 11.8. The van der Waals surface area contributed by atoms with Gasteiger partial charge in [-0.2, -0.15) is 0 Å². The van der Waals surface area contributed by atoms with Crippen LogP contribution in [0, 0.1) is 11.8 Å². The van der Waals surface area contributed by atoms with Gasteiger partial charge in [0.2, 0.25) is 5.91 Å². The number of carbonyl (C=O) groups is 1. The molecule has 0 bridgehead atoms. The van der Waals surface area contributed by atoms with Gasteiger partial charge in [0.25, 0.3) is 0 Å². The molecular formula is C27H34N4O2. The lowest BCUT2D eigenvalue weighted by Crippen LogP contribution is -2.40. The Morgan fingerprint density at radius 2 is 1.79 bits per heavy atom. The van der Waals surface area contributed by atoms with E-state index < -0.39 is 0 Å². The van der Waals surface area contributed by atoms with E-state index in [2.05, 4.69) is 58.1 Å². The Morgan fingerprint density at radius 3 is 2.55 bits per heavy atom. The van der Waals surface area contributed by atoms with E-state index in [1.54, 1.807) is 0 Å². The molecule has 2 aromatic carbocycles. The van der Waals surface area contributed by atoms with Crippen LogP contribution in [0.5, 0.6) is 0 Å². The third-order valence-electron chi connectivity index (χ3n) is 6.35. The quantitative estimate of drug-likeness (QED) is 0.496. The average molecular weight is 447 g/mol. The molecule has 2 N–H and O–H groups in total. The van der Waals surface area contributed by atoms with Crippen molar-refractivity contribution in [3.05, 3.63) is 89.3 Å². The van der Waals surface area contributed by atoms with Crippen LogP contribution in [0.25, 0.3) is 0 Å². The van der Waals surface area contributed by atoms with Crippen molar-refractivity contribution in [1.82, 2.24) is 20.7 Å². The molecule has 4 rings (SSSR count). The molecule has 0 radical (unpaired) electrons. The van der Waals surface area contributed by atoms with Crippen molar-refractivity contribution in [3.63, 3.8) is 0 Å². The van der Waals surface area contributed by atoms with Gasteiger partial charge in [-0.1, -0.05) is 65.8 Å². The number of hydrogen-bond acceptors (Lipinski definition) is 5. The molecule has 2 heterocycles. The number of nitrogens with one attached hydrogen (secondary N) is 2. The van der Waals surface area contributed by atoms with Gasteiger partial charge in [-0.25, -0.2) is 0 Å². The first kappa shape index (κ1) is 23.2. The zero-order valence-electron chi connectivity index (χ0n) is 19.4. The molecule has 1 saturated heterocycles. The predicted molar refractivity (Wildman–Crippen MR) is 129 cm³/mol. The highest BCUT2D eigenvalue weighted by molar-refractivity contribution is 5.76. The van der Waals surface area contributed by atoms with Crippen molar-refractivity contribution in [2.75, 3.05) is 20.1 Å². The molecule has 6 nitrogen and oxygen atoms in total. The minimum absolute atomic E-state index is 0.124. The Labute approximate surface area is 196 Å². The summed E-state index contributed by atoms with van der Waals surface area (Å²) in [6.07, 6.45) is 2.40. The van der Waals surface area contributed by atoms with E-state index in [-0.39, 0.29) is 5.91 Å². The number of nitrogens with zero attached hydrogens (tertiary/aromatic N) is 2. The number of carbonyl (C=O) groups excluding carboxylic acids is 1. The van der Waals surface area contributed by atoms with E-state index in [0.717, 1.165) is 56.0 Å². The van der Waals surface area contributed by atoms with Gasteiger partial charge in [-0.05, 0) is 55.9 Å². The standard InChI is InChI=1S/C27H34N4O2/c1-31(19-22-10-6-3-7-11-22)20-26-16-25(30-33-26)14-24-18-28-13-12-23(24)15-27(32)29-17-21-8-4-2-5-9-21/h2-11,16,23-24,28H,12-15,17-20H2,1H3,(H,29,32)/t23-,24-/m0/s1. The van der Waals surface area contributed by atoms with Crippen LogP contribution in [0.15, 0.2) is 71.3 Å². The Balaban J connectivity index is 1.27. The number of amides is 1. The summed E-state index contributed by atoms with van der Waals surface area (Å²) in [7, 11) is 2.09. The summed E-state index contributed by atoms with van der Waals surface area (Å²) in [5, 5.41) is 10.9. The van der Waals surface area contributed by atoms with Gasteiger partial charge < -0.3 is 15.2 Å². The third kappa shape index (κ3) is 7.27. The normalized spacial score (nSPS) is 18.4. The Kier molecular flexibility index (Phi) is 8.28. The summed E-state index contributed by atoms with van der Waals surface area (Å²) in [4.78, 5) is 14.8. The van der Waals surface area contributed by atoms with Gasteiger partial charge in [-0.15, -0.1) is 0 Å². The van der Waals surface area contributed by atoms with E-state index >= 15 is 0 Å². The van der Waals surface area contributed by atoms with Gasteiger partial charge in [0.05, 0.1) is 12.2 Å². The zero-order chi connectivity index (χ0) is 22.9. The fourth-order valence-electron chi connectivity index (χ4n) is 4.60. The molecule has 6 heteroatoms. The number of piperidine rings is 1. The Morgan fingerprint density at radius 1 is 1.06 bits per heavy atom. The molecule has 1 aromatic heterocycles. The van der Waals surface area contributed by atoms with Crippen LogP contribution < -0.4 is 10.6 Å². The van der Waals surface area contributed by atoms with Crippen LogP contribution in [0.2, 0.25) is 0 Å². The molecule has 0 unspecified atom stereocenters. The van der Waals surface area contributed by atoms with Crippen molar-refractivity contribution < 1.29 is 9.32 Å². The van der Waals surface area contributed by atoms with Crippen molar-refractivity contribution in [2.24, 2.45) is 11.8 Å². The minimum atomic E-state index is 0.124. The maximum Gasteiger partial charge on any atom is 0.220 e. The minimum Gasteiger partial charge on any atom is -0.360 e. The fraction of sp³-hybridized carbons (Fsp3) is 0.407. The first-order chi connectivity index (χ1) is 16.2. The lowest BCUT2D eigenvalue weighted by atomic mass is 9.81. The number of aromatic nitrogens is 1. The molecule has 33 heavy (non-hydrogen) atoms. The lowest BCUT2D eigenvalue weighted by Gasteiger charge is -2.31. The molecule has 174 valence electrons. The topological polar surface area (TPSA) is 70.4 Å². The van der Waals surface area contributed by atoms with Crippen LogP contribution >= 0.6 is 0 Å². The van der Waals surface area contributed by atoms with Gasteiger partial charge in [0.15, 0.2) is 5.76 Å². The van der Waals surface area contributed by atoms with Crippen LogP contribution in [0.1, 0.15) is 35.4 Å². The number of benzene rings is 2. The van der Waals surface area contributed by atoms with Gasteiger partial charge in [-0.3, -0.25) is 9.69 Å². The lowest BCUT2D eigenvalue weighted by molar-refractivity contribution is -0.122. The van der Waals surface area contributed by atoms with Crippen molar-refractivity contribution in [1.29, 1.82) is 0 Å². The second-order valence-corrected chi connectivity index (χ2v) is 9.13. The van der Waals surface area contributed by atoms with Crippen LogP contribution in [0.4, 0.5) is 0 Å². The van der Waals surface area contributed by atoms with Gasteiger partial charge in [0.1, 0.15) is 0 Å². The third-order valence-corrected chi connectivity index (χ3v) is 6.35. The maximum absolute atomic E-state index is 12.6. The van der Waals surface area contributed by atoms with E-state index in [1.165, 1.54) is 5.56 Å². The molecule has 3 aromatic rings. The molecule has 1 aliphatic rings. The van der Waals surface area contributed by atoms with Crippen molar-refractivity contribution in [3.8, 4) is 0 Å². The second-order valence-electron chi connectivity index (χ2n) is 9.13. The van der Waals surface area contributed by atoms with E-state index in [0.29, 0.717) is 24.8 Å². The molecular weight excluding hydrogens is 412 g/mol. The SMILES string of the molecule is CN(Cc1ccccc1)Cc1cc(C[C@H]2CNCC[C@H]2CC(=O)NCc2ccccc2)no1. The molecule has 0 saturated carbocycles. The van der Waals surface area contributed by atoms with E-state index in [4.69, 9.17) is 4.52 Å². The molecule has 1 amide bonds. The Bertz CT molecular complexity index is 990. The molecule has 1 aliphatic heterocycles. The summed E-state index contributed by atoms with van der Waals surface area (Å²) in [5.74, 6) is 1.73. The number of hydrogen-bond donors (Lipinski definition) is 2. The van der Waals surface area contributed by atoms with Crippen molar-refractivity contribution >= 4 is 5.91 Å². The Hall–Kier alpha value is -2.96. The highest BCUT2D eigenvalue weighted by atomic mass is 16.5. The summed E-state index contributed by atoms with van der Waals surface area (Å²) in [6, 6.07) is 22.5. The smallest absolute Gasteiger partial charge is 0.220 e. The summed E-state index contributed by atoms with van der Waals surface area (Å²) >= 11 is 0. The second kappa shape index (κ2) is 11.8. The number of rotatable bonds is 10. The average Bonchev–Trinajstić information content (AvgIpc) is 3.27. The highest BCUT2D eigenvalue weighted by Gasteiger charge is 2.28. The molecule has 2 atom stereocenters. The van der Waals surface area contributed by atoms with Gasteiger partial charge in [0, 0.05) is 25.6 Å². The van der Waals surface area contributed by atoms with Crippen molar-refractivity contribution in [2.45, 2.75) is 38.9 Å².